The van der Waals surface area contributed by atoms with Crippen LogP contribution in [0.2, 0.25) is 0 Å². The summed E-state index contributed by atoms with van der Waals surface area (Å²) in [7, 11) is 3.29. The van der Waals surface area contributed by atoms with Crippen molar-refractivity contribution in [3.63, 3.8) is 0 Å². The summed E-state index contributed by atoms with van der Waals surface area (Å²) < 4.78 is 12.8. The molecule has 1 aliphatic heterocycles. The molecule has 0 N–H and O–H groups in total. The van der Waals surface area contributed by atoms with Crippen molar-refractivity contribution in [2.24, 2.45) is 0 Å². The molecule has 7 nitrogen and oxygen atoms in total. The maximum atomic E-state index is 5.53. The second-order valence-electron chi connectivity index (χ2n) is 7.71. The van der Waals surface area contributed by atoms with Gasteiger partial charge in [-0.1, -0.05) is 36.4 Å². The van der Waals surface area contributed by atoms with Gasteiger partial charge in [0.25, 0.3) is 5.78 Å². The zero-order valence-corrected chi connectivity index (χ0v) is 17.7. The lowest BCUT2D eigenvalue weighted by Crippen LogP contribution is -2.34. The third-order valence-corrected chi connectivity index (χ3v) is 6.04. The number of benzene rings is 2. The summed E-state index contributed by atoms with van der Waals surface area (Å²) in [5, 5.41) is 4.48. The molecule has 158 valence electrons. The van der Waals surface area contributed by atoms with Gasteiger partial charge in [0, 0.05) is 24.8 Å². The van der Waals surface area contributed by atoms with Gasteiger partial charge >= 0.3 is 0 Å². The van der Waals surface area contributed by atoms with E-state index in [0.29, 0.717) is 23.2 Å². The van der Waals surface area contributed by atoms with E-state index in [1.807, 2.05) is 28.9 Å². The molecule has 4 aromatic rings. The molecule has 3 heterocycles. The molecule has 1 saturated heterocycles. The van der Waals surface area contributed by atoms with Crippen LogP contribution >= 0.6 is 0 Å². The molecule has 2 aromatic carbocycles. The normalized spacial score (nSPS) is 14.7. The first-order valence-electron chi connectivity index (χ1n) is 10.5. The molecule has 0 amide bonds. The van der Waals surface area contributed by atoms with Crippen LogP contribution in [0.4, 0.5) is 5.82 Å². The number of aromatic nitrogens is 4. The molecule has 0 saturated carbocycles. The van der Waals surface area contributed by atoms with Gasteiger partial charge in [0.15, 0.2) is 11.5 Å². The summed E-state index contributed by atoms with van der Waals surface area (Å²) in [5.41, 5.74) is 3.42. The highest BCUT2D eigenvalue weighted by atomic mass is 16.5. The summed E-state index contributed by atoms with van der Waals surface area (Å²) in [6, 6.07) is 16.7. The molecule has 5 rings (SSSR count). The quantitative estimate of drug-likeness (QED) is 0.487. The standard InChI is InChI=1S/C24H25N5O2/c1-30-21-9-8-19(14-22(21)31-2)20-15-25-24-26-16-27-29(24)23(20)28-12-10-18(11-13-28)17-6-4-3-5-7-17/h3-9,14-16,18H,10-13H2,1-2H3. The van der Waals surface area contributed by atoms with Crippen LogP contribution in [0.15, 0.2) is 61.1 Å². The predicted octanol–water partition coefficient (Wildman–Crippen LogP) is 4.19. The van der Waals surface area contributed by atoms with Crippen molar-refractivity contribution in [2.75, 3.05) is 32.2 Å². The third kappa shape index (κ3) is 3.56. The third-order valence-electron chi connectivity index (χ3n) is 6.04. The number of hydrogen-bond acceptors (Lipinski definition) is 6. The van der Waals surface area contributed by atoms with Crippen molar-refractivity contribution in [1.29, 1.82) is 0 Å². The minimum absolute atomic E-state index is 0.579. The van der Waals surface area contributed by atoms with Gasteiger partial charge in [0.2, 0.25) is 0 Å². The van der Waals surface area contributed by atoms with E-state index in [4.69, 9.17) is 9.47 Å². The SMILES string of the molecule is COc1ccc(-c2cnc3ncnn3c2N2CCC(c3ccccc3)CC2)cc1OC. The number of rotatable bonds is 5. The lowest BCUT2D eigenvalue weighted by molar-refractivity contribution is 0.355. The Kier molecular flexibility index (Phi) is 5.16. The van der Waals surface area contributed by atoms with Gasteiger partial charge < -0.3 is 14.4 Å². The van der Waals surface area contributed by atoms with Crippen LogP contribution in [0.25, 0.3) is 16.9 Å². The molecular formula is C24H25N5O2. The first-order valence-corrected chi connectivity index (χ1v) is 10.5. The molecular weight excluding hydrogens is 390 g/mol. The molecule has 0 atom stereocenters. The van der Waals surface area contributed by atoms with E-state index in [0.717, 1.165) is 42.9 Å². The largest absolute Gasteiger partial charge is 0.493 e. The number of piperidine rings is 1. The molecule has 0 spiro atoms. The second kappa shape index (κ2) is 8.26. The van der Waals surface area contributed by atoms with Gasteiger partial charge in [-0.15, -0.1) is 0 Å². The predicted molar refractivity (Wildman–Crippen MR) is 120 cm³/mol. The van der Waals surface area contributed by atoms with Crippen LogP contribution in [0, 0.1) is 0 Å². The Hall–Kier alpha value is -3.61. The average molecular weight is 415 g/mol. The topological polar surface area (TPSA) is 64.8 Å². The van der Waals surface area contributed by atoms with Gasteiger partial charge in [-0.25, -0.2) is 4.98 Å². The van der Waals surface area contributed by atoms with Crippen molar-refractivity contribution in [1.82, 2.24) is 19.6 Å². The minimum Gasteiger partial charge on any atom is -0.493 e. The van der Waals surface area contributed by atoms with E-state index < -0.39 is 0 Å². The van der Waals surface area contributed by atoms with Crippen LogP contribution < -0.4 is 14.4 Å². The van der Waals surface area contributed by atoms with Crippen molar-refractivity contribution in [2.45, 2.75) is 18.8 Å². The molecule has 0 bridgehead atoms. The Morgan fingerprint density at radius 1 is 0.903 bits per heavy atom. The first kappa shape index (κ1) is 19.4. The maximum absolute atomic E-state index is 5.53. The molecule has 31 heavy (non-hydrogen) atoms. The maximum Gasteiger partial charge on any atom is 0.254 e. The van der Waals surface area contributed by atoms with Gasteiger partial charge in [-0.05, 0) is 42.0 Å². The Morgan fingerprint density at radius 2 is 1.68 bits per heavy atom. The molecule has 0 radical (unpaired) electrons. The van der Waals surface area contributed by atoms with E-state index in [1.54, 1.807) is 20.5 Å². The van der Waals surface area contributed by atoms with Crippen molar-refractivity contribution in [3.05, 3.63) is 66.6 Å². The van der Waals surface area contributed by atoms with Gasteiger partial charge in [-0.2, -0.15) is 14.6 Å². The highest BCUT2D eigenvalue weighted by Gasteiger charge is 2.25. The highest BCUT2D eigenvalue weighted by molar-refractivity contribution is 5.78. The van der Waals surface area contributed by atoms with Crippen molar-refractivity contribution < 1.29 is 9.47 Å². The number of anilines is 1. The van der Waals surface area contributed by atoms with Crippen molar-refractivity contribution >= 4 is 11.6 Å². The molecule has 7 heteroatoms. The fourth-order valence-electron chi connectivity index (χ4n) is 4.43. The van der Waals surface area contributed by atoms with Gasteiger partial charge in [0.05, 0.1) is 14.2 Å². The smallest absolute Gasteiger partial charge is 0.254 e. The lowest BCUT2D eigenvalue weighted by atomic mass is 9.89. The van der Waals surface area contributed by atoms with Gasteiger partial charge in [0.1, 0.15) is 12.1 Å². The summed E-state index contributed by atoms with van der Waals surface area (Å²) in [6.07, 6.45) is 5.62. The lowest BCUT2D eigenvalue weighted by Gasteiger charge is -2.34. The van der Waals surface area contributed by atoms with E-state index in [9.17, 15) is 0 Å². The van der Waals surface area contributed by atoms with Crippen LogP contribution in [0.5, 0.6) is 11.5 Å². The Morgan fingerprint density at radius 3 is 2.42 bits per heavy atom. The van der Waals surface area contributed by atoms with Gasteiger partial charge in [-0.3, -0.25) is 0 Å². The van der Waals surface area contributed by atoms with Crippen LogP contribution in [0.3, 0.4) is 0 Å². The van der Waals surface area contributed by atoms with E-state index in [-0.39, 0.29) is 0 Å². The van der Waals surface area contributed by atoms with E-state index >= 15 is 0 Å². The Balaban J connectivity index is 1.52. The summed E-state index contributed by atoms with van der Waals surface area (Å²) in [4.78, 5) is 11.2. The van der Waals surface area contributed by atoms with E-state index in [2.05, 4.69) is 50.3 Å². The second-order valence-corrected chi connectivity index (χ2v) is 7.71. The number of fused-ring (bicyclic) bond motifs is 1. The van der Waals surface area contributed by atoms with Crippen LogP contribution in [0.1, 0.15) is 24.3 Å². The number of ether oxygens (including phenoxy) is 2. The fourth-order valence-corrected chi connectivity index (χ4v) is 4.43. The van der Waals surface area contributed by atoms with Crippen LogP contribution in [-0.4, -0.2) is 46.9 Å². The summed E-state index contributed by atoms with van der Waals surface area (Å²) in [6.45, 7) is 1.89. The Bertz CT molecular complexity index is 1180. The molecule has 0 unspecified atom stereocenters. The first-order chi connectivity index (χ1) is 15.3. The van der Waals surface area contributed by atoms with Crippen molar-refractivity contribution in [3.8, 4) is 22.6 Å². The molecule has 1 fully saturated rings. The molecule has 1 aliphatic rings. The number of nitrogens with zero attached hydrogens (tertiary/aromatic N) is 5. The average Bonchev–Trinajstić information content (AvgIpc) is 3.32. The summed E-state index contributed by atoms with van der Waals surface area (Å²) in [5.74, 6) is 3.58. The Labute approximate surface area is 181 Å². The number of methoxy groups -OCH3 is 2. The highest BCUT2D eigenvalue weighted by Crippen LogP contribution is 2.38. The number of hydrogen-bond donors (Lipinski definition) is 0. The minimum atomic E-state index is 0.579. The summed E-state index contributed by atoms with van der Waals surface area (Å²) >= 11 is 0. The zero-order chi connectivity index (χ0) is 21.2. The van der Waals surface area contributed by atoms with Crippen LogP contribution in [-0.2, 0) is 0 Å². The molecule has 2 aromatic heterocycles. The molecule has 0 aliphatic carbocycles. The fraction of sp³-hybridized carbons (Fsp3) is 0.292. The zero-order valence-electron chi connectivity index (χ0n) is 17.7. The monoisotopic (exact) mass is 415 g/mol. The van der Waals surface area contributed by atoms with E-state index in [1.165, 1.54) is 5.56 Å².